The first-order valence-corrected chi connectivity index (χ1v) is 11.3. The number of rotatable bonds is 6. The summed E-state index contributed by atoms with van der Waals surface area (Å²) >= 11 is 5.79. The Morgan fingerprint density at radius 3 is 2.82 bits per heavy atom. The van der Waals surface area contributed by atoms with Gasteiger partial charge in [-0.2, -0.15) is 0 Å². The number of halogens is 2. The zero-order chi connectivity index (χ0) is 24.1. The van der Waals surface area contributed by atoms with E-state index in [0.29, 0.717) is 23.4 Å². The number of hydrogen-bond acceptors (Lipinski definition) is 6. The van der Waals surface area contributed by atoms with Crippen LogP contribution in [-0.4, -0.2) is 40.9 Å². The number of carbonyl (C=O) groups excluding carboxylic acids is 2. The fourth-order valence-electron chi connectivity index (χ4n) is 3.72. The van der Waals surface area contributed by atoms with Crippen molar-refractivity contribution in [3.8, 4) is 11.3 Å². The number of piperidine rings is 1. The third-order valence-corrected chi connectivity index (χ3v) is 5.83. The Labute approximate surface area is 201 Å². The van der Waals surface area contributed by atoms with Gasteiger partial charge in [0.2, 0.25) is 0 Å². The van der Waals surface area contributed by atoms with Gasteiger partial charge in [-0.05, 0) is 37.6 Å². The van der Waals surface area contributed by atoms with E-state index in [1.807, 2.05) is 0 Å². The number of aromatic nitrogens is 2. The van der Waals surface area contributed by atoms with Crippen LogP contribution in [0.15, 0.2) is 48.7 Å². The minimum atomic E-state index is -0.565. The van der Waals surface area contributed by atoms with Gasteiger partial charge in [0.1, 0.15) is 5.82 Å². The molecule has 2 heterocycles. The van der Waals surface area contributed by atoms with Crippen LogP contribution in [0, 0.1) is 5.82 Å². The van der Waals surface area contributed by atoms with Gasteiger partial charge in [0, 0.05) is 35.8 Å². The second-order valence-corrected chi connectivity index (χ2v) is 8.39. The van der Waals surface area contributed by atoms with Gasteiger partial charge in [-0.1, -0.05) is 35.9 Å². The van der Waals surface area contributed by atoms with Crippen molar-refractivity contribution in [1.82, 2.24) is 25.9 Å². The molecule has 0 bridgehead atoms. The lowest BCUT2D eigenvalue weighted by Gasteiger charge is -2.23. The molecule has 8 nitrogen and oxygen atoms in total. The van der Waals surface area contributed by atoms with E-state index < -0.39 is 17.6 Å². The molecule has 0 saturated carbocycles. The number of nitrogen functional groups attached to an aromatic ring is 1. The fraction of sp³-hybridized carbons (Fsp3) is 0.250. The van der Waals surface area contributed by atoms with Crippen molar-refractivity contribution in [2.24, 2.45) is 0 Å². The summed E-state index contributed by atoms with van der Waals surface area (Å²) in [5.74, 6) is -1.32. The quantitative estimate of drug-likeness (QED) is 0.428. The van der Waals surface area contributed by atoms with Crippen molar-refractivity contribution < 1.29 is 14.0 Å². The van der Waals surface area contributed by atoms with E-state index in [2.05, 4.69) is 25.9 Å². The maximum atomic E-state index is 14.1. The third kappa shape index (κ3) is 5.49. The molecule has 34 heavy (non-hydrogen) atoms. The second kappa shape index (κ2) is 10.6. The molecule has 1 saturated heterocycles. The largest absolute Gasteiger partial charge is 0.382 e. The molecule has 1 fully saturated rings. The summed E-state index contributed by atoms with van der Waals surface area (Å²) in [6.45, 7) is 1.61. The van der Waals surface area contributed by atoms with Crippen LogP contribution in [0.2, 0.25) is 5.02 Å². The van der Waals surface area contributed by atoms with Crippen molar-refractivity contribution in [2.75, 3.05) is 18.8 Å². The molecule has 4 rings (SSSR count). The summed E-state index contributed by atoms with van der Waals surface area (Å²) in [6, 6.07) is 11.3. The van der Waals surface area contributed by atoms with Gasteiger partial charge in [0.25, 0.3) is 11.8 Å². The van der Waals surface area contributed by atoms with E-state index in [0.717, 1.165) is 19.4 Å². The standard InChI is InChI=1S/C24H24ClFN6O2/c25-18-8-2-6-16(20(18)26)11-30-23(33)15-5-1-4-14(10-15)19-13-29-22(27)21(32-19)24(34)31-17-7-3-9-28-12-17/h1-2,4-6,8,10,13,17,28H,3,7,9,11-12H2,(H2,27,29)(H,30,33)(H,31,34)/t17-/m0/s1. The van der Waals surface area contributed by atoms with E-state index in [-0.39, 0.29) is 34.7 Å². The van der Waals surface area contributed by atoms with Gasteiger partial charge in [-0.3, -0.25) is 9.59 Å². The zero-order valence-corrected chi connectivity index (χ0v) is 19.0. The maximum Gasteiger partial charge on any atom is 0.274 e. The highest BCUT2D eigenvalue weighted by Crippen LogP contribution is 2.21. The summed E-state index contributed by atoms with van der Waals surface area (Å²) in [5.41, 5.74) is 7.56. The number of anilines is 1. The Bertz CT molecular complexity index is 1220. The lowest BCUT2D eigenvalue weighted by Crippen LogP contribution is -2.46. The topological polar surface area (TPSA) is 122 Å². The van der Waals surface area contributed by atoms with Crippen LogP contribution < -0.4 is 21.7 Å². The lowest BCUT2D eigenvalue weighted by molar-refractivity contribution is 0.0923. The Morgan fingerprint density at radius 2 is 2.03 bits per heavy atom. The van der Waals surface area contributed by atoms with Gasteiger partial charge < -0.3 is 21.7 Å². The molecule has 0 aliphatic carbocycles. The molecule has 1 aliphatic rings. The Balaban J connectivity index is 1.49. The minimum absolute atomic E-state index is 0.00228. The molecule has 1 atom stereocenters. The third-order valence-electron chi connectivity index (χ3n) is 5.54. The number of nitrogens with two attached hydrogens (primary N) is 1. The molecular weight excluding hydrogens is 459 g/mol. The SMILES string of the molecule is Nc1ncc(-c2cccc(C(=O)NCc3cccc(Cl)c3F)c2)nc1C(=O)N[C@H]1CCCNC1. The van der Waals surface area contributed by atoms with Crippen molar-refractivity contribution in [3.63, 3.8) is 0 Å². The van der Waals surface area contributed by atoms with Crippen LogP contribution in [-0.2, 0) is 6.54 Å². The van der Waals surface area contributed by atoms with Crippen molar-refractivity contribution in [2.45, 2.75) is 25.4 Å². The molecule has 1 aliphatic heterocycles. The van der Waals surface area contributed by atoms with Crippen LogP contribution in [0.5, 0.6) is 0 Å². The van der Waals surface area contributed by atoms with E-state index in [4.69, 9.17) is 17.3 Å². The average molecular weight is 483 g/mol. The summed E-state index contributed by atoms with van der Waals surface area (Å²) in [7, 11) is 0. The monoisotopic (exact) mass is 482 g/mol. The van der Waals surface area contributed by atoms with Gasteiger partial charge >= 0.3 is 0 Å². The normalized spacial score (nSPS) is 15.5. The van der Waals surface area contributed by atoms with Gasteiger partial charge in [-0.15, -0.1) is 0 Å². The molecule has 10 heteroatoms. The number of carbonyl (C=O) groups is 2. The molecule has 0 unspecified atom stereocenters. The van der Waals surface area contributed by atoms with Gasteiger partial charge in [0.15, 0.2) is 11.5 Å². The molecule has 0 spiro atoms. The van der Waals surface area contributed by atoms with Crippen molar-refractivity contribution in [3.05, 3.63) is 76.3 Å². The smallest absolute Gasteiger partial charge is 0.274 e. The highest BCUT2D eigenvalue weighted by atomic mass is 35.5. The predicted octanol–water partition coefficient (Wildman–Crippen LogP) is 2.93. The highest BCUT2D eigenvalue weighted by molar-refractivity contribution is 6.30. The van der Waals surface area contributed by atoms with Gasteiger partial charge in [0.05, 0.1) is 16.9 Å². The zero-order valence-electron chi connectivity index (χ0n) is 18.3. The number of hydrogen-bond donors (Lipinski definition) is 4. The van der Waals surface area contributed by atoms with Crippen LogP contribution in [0.3, 0.4) is 0 Å². The van der Waals surface area contributed by atoms with Crippen molar-refractivity contribution >= 4 is 29.2 Å². The first-order chi connectivity index (χ1) is 16.4. The number of benzene rings is 2. The maximum absolute atomic E-state index is 14.1. The van der Waals surface area contributed by atoms with Crippen LogP contribution >= 0.6 is 11.6 Å². The Kier molecular flexibility index (Phi) is 7.34. The molecular formula is C24H24ClFN6O2. The second-order valence-electron chi connectivity index (χ2n) is 7.98. The first kappa shape index (κ1) is 23.6. The van der Waals surface area contributed by atoms with E-state index in [1.54, 1.807) is 36.4 Å². The summed E-state index contributed by atoms with van der Waals surface area (Å²) in [4.78, 5) is 33.9. The van der Waals surface area contributed by atoms with Crippen LogP contribution in [0.25, 0.3) is 11.3 Å². The van der Waals surface area contributed by atoms with E-state index in [1.165, 1.54) is 12.3 Å². The molecule has 5 N–H and O–H groups in total. The van der Waals surface area contributed by atoms with Crippen LogP contribution in [0.1, 0.15) is 39.3 Å². The van der Waals surface area contributed by atoms with Gasteiger partial charge in [-0.25, -0.2) is 14.4 Å². The Hall–Kier alpha value is -3.56. The fourth-order valence-corrected chi connectivity index (χ4v) is 3.91. The number of nitrogens with one attached hydrogen (secondary N) is 3. The molecule has 2 aromatic carbocycles. The summed E-state index contributed by atoms with van der Waals surface area (Å²) in [6.07, 6.45) is 3.31. The van der Waals surface area contributed by atoms with E-state index in [9.17, 15) is 14.0 Å². The van der Waals surface area contributed by atoms with Crippen molar-refractivity contribution in [1.29, 1.82) is 0 Å². The molecule has 2 amide bonds. The summed E-state index contributed by atoms with van der Waals surface area (Å²) < 4.78 is 14.1. The molecule has 1 aromatic heterocycles. The average Bonchev–Trinajstić information content (AvgIpc) is 2.85. The number of nitrogens with zero attached hydrogens (tertiary/aromatic N) is 2. The van der Waals surface area contributed by atoms with E-state index >= 15 is 0 Å². The minimum Gasteiger partial charge on any atom is -0.382 e. The highest BCUT2D eigenvalue weighted by Gasteiger charge is 2.20. The summed E-state index contributed by atoms with van der Waals surface area (Å²) in [5, 5.41) is 8.85. The Morgan fingerprint density at radius 1 is 1.21 bits per heavy atom. The molecule has 3 aromatic rings. The predicted molar refractivity (Wildman–Crippen MR) is 128 cm³/mol. The van der Waals surface area contributed by atoms with Crippen LogP contribution in [0.4, 0.5) is 10.2 Å². The molecule has 0 radical (unpaired) electrons. The lowest BCUT2D eigenvalue weighted by atomic mass is 10.1. The molecule has 176 valence electrons. The first-order valence-electron chi connectivity index (χ1n) is 10.9. The number of amides is 2.